The van der Waals surface area contributed by atoms with E-state index in [2.05, 4.69) is 20.2 Å². The number of hydrazone groups is 1. The summed E-state index contributed by atoms with van der Waals surface area (Å²) in [5, 5.41) is 4.04. The van der Waals surface area contributed by atoms with E-state index in [9.17, 15) is 13.2 Å². The molecule has 0 radical (unpaired) electrons. The highest BCUT2D eigenvalue weighted by molar-refractivity contribution is 7.92. The maximum atomic E-state index is 12.8. The monoisotopic (exact) mass is 422 g/mol. The van der Waals surface area contributed by atoms with Gasteiger partial charge in [0.1, 0.15) is 0 Å². The van der Waals surface area contributed by atoms with Crippen molar-refractivity contribution in [2.24, 2.45) is 5.10 Å². The van der Waals surface area contributed by atoms with Gasteiger partial charge < -0.3 is 0 Å². The zero-order chi connectivity index (χ0) is 21.7. The molecule has 0 saturated heterocycles. The molecule has 0 spiro atoms. The predicted octanol–water partition coefficient (Wildman–Crippen LogP) is 3.65. The fourth-order valence-electron chi connectivity index (χ4n) is 2.77. The molecule has 0 fully saturated rings. The Hall–Kier alpha value is -3.52. The lowest BCUT2D eigenvalue weighted by Gasteiger charge is -2.12. The van der Waals surface area contributed by atoms with Crippen molar-refractivity contribution < 1.29 is 13.2 Å². The van der Waals surface area contributed by atoms with E-state index in [0.717, 1.165) is 11.1 Å². The van der Waals surface area contributed by atoms with E-state index in [1.807, 2.05) is 32.0 Å². The number of amides is 1. The quantitative estimate of drug-likeness (QED) is 0.468. The molecular formula is C22H22N4O3S. The van der Waals surface area contributed by atoms with E-state index in [1.54, 1.807) is 31.3 Å². The van der Waals surface area contributed by atoms with Crippen LogP contribution in [0, 0.1) is 13.8 Å². The average molecular weight is 423 g/mol. The van der Waals surface area contributed by atoms with Crippen LogP contribution in [0.2, 0.25) is 0 Å². The lowest BCUT2D eigenvalue weighted by Crippen LogP contribution is -2.20. The van der Waals surface area contributed by atoms with Gasteiger partial charge in [-0.1, -0.05) is 29.8 Å². The van der Waals surface area contributed by atoms with Crippen LogP contribution in [0.4, 0.5) is 5.69 Å². The van der Waals surface area contributed by atoms with Gasteiger partial charge in [-0.05, 0) is 62.7 Å². The van der Waals surface area contributed by atoms with Crippen molar-refractivity contribution in [1.82, 2.24) is 10.4 Å². The number of aromatic nitrogens is 1. The van der Waals surface area contributed by atoms with E-state index in [1.165, 1.54) is 24.3 Å². The Bertz CT molecular complexity index is 1210. The number of carbonyl (C=O) groups excluding carboxylic acids is 1. The number of pyridine rings is 1. The smallest absolute Gasteiger partial charge is 0.271 e. The standard InChI is InChI=1S/C22H22N4O3S/c1-15-10-11-20(16(2)13-15)26-30(28,29)19-8-6-7-18(14-19)22(27)25-24-17(3)21-9-4-5-12-23-21/h4-14,26H,1-3H3,(H,25,27)/b24-17-. The second kappa shape index (κ2) is 8.87. The maximum Gasteiger partial charge on any atom is 0.271 e. The molecule has 1 amide bonds. The topological polar surface area (TPSA) is 101 Å². The molecule has 0 aliphatic rings. The van der Waals surface area contributed by atoms with Gasteiger partial charge in [-0.25, -0.2) is 13.8 Å². The molecule has 8 heteroatoms. The summed E-state index contributed by atoms with van der Waals surface area (Å²) in [6, 6.07) is 16.6. The van der Waals surface area contributed by atoms with E-state index in [4.69, 9.17) is 0 Å². The first kappa shape index (κ1) is 21.2. The third-order valence-corrected chi connectivity index (χ3v) is 5.76. The van der Waals surface area contributed by atoms with Crippen LogP contribution in [0.5, 0.6) is 0 Å². The highest BCUT2D eigenvalue weighted by Gasteiger charge is 2.17. The highest BCUT2D eigenvalue weighted by Crippen LogP contribution is 2.21. The van der Waals surface area contributed by atoms with Crippen LogP contribution in [-0.4, -0.2) is 25.0 Å². The van der Waals surface area contributed by atoms with E-state index in [-0.39, 0.29) is 10.5 Å². The predicted molar refractivity (Wildman–Crippen MR) is 117 cm³/mol. The molecule has 0 aliphatic heterocycles. The molecule has 1 heterocycles. The highest BCUT2D eigenvalue weighted by atomic mass is 32.2. The summed E-state index contributed by atoms with van der Waals surface area (Å²) >= 11 is 0. The summed E-state index contributed by atoms with van der Waals surface area (Å²) in [5.74, 6) is -0.520. The summed E-state index contributed by atoms with van der Waals surface area (Å²) in [4.78, 5) is 16.6. The van der Waals surface area contributed by atoms with E-state index < -0.39 is 15.9 Å². The van der Waals surface area contributed by atoms with E-state index >= 15 is 0 Å². The first-order chi connectivity index (χ1) is 14.3. The molecule has 0 aliphatic carbocycles. The number of hydrogen-bond donors (Lipinski definition) is 2. The van der Waals surface area contributed by atoms with Crippen molar-refractivity contribution in [3.8, 4) is 0 Å². The molecule has 1 aromatic heterocycles. The fraction of sp³-hybridized carbons (Fsp3) is 0.136. The van der Waals surface area contributed by atoms with Gasteiger partial charge in [0.25, 0.3) is 15.9 Å². The number of rotatable bonds is 6. The number of nitrogens with one attached hydrogen (secondary N) is 2. The van der Waals surface area contributed by atoms with Crippen LogP contribution in [-0.2, 0) is 10.0 Å². The molecular weight excluding hydrogens is 400 g/mol. The largest absolute Gasteiger partial charge is 0.279 e. The first-order valence-corrected chi connectivity index (χ1v) is 10.7. The first-order valence-electron chi connectivity index (χ1n) is 9.22. The molecule has 0 bridgehead atoms. The molecule has 7 nitrogen and oxygen atoms in total. The molecule has 2 aromatic carbocycles. The van der Waals surface area contributed by atoms with Gasteiger partial charge in [-0.2, -0.15) is 5.10 Å². The molecule has 2 N–H and O–H groups in total. The molecule has 0 atom stereocenters. The van der Waals surface area contributed by atoms with Gasteiger partial charge in [0.2, 0.25) is 0 Å². The second-order valence-corrected chi connectivity index (χ2v) is 8.49. The molecule has 0 saturated carbocycles. The van der Waals surface area contributed by atoms with Gasteiger partial charge in [0.15, 0.2) is 0 Å². The number of benzene rings is 2. The lowest BCUT2D eigenvalue weighted by atomic mass is 10.1. The summed E-state index contributed by atoms with van der Waals surface area (Å²) in [6.45, 7) is 5.49. The van der Waals surface area contributed by atoms with Crippen LogP contribution in [0.25, 0.3) is 0 Å². The normalized spacial score (nSPS) is 11.8. The molecule has 30 heavy (non-hydrogen) atoms. The minimum Gasteiger partial charge on any atom is -0.279 e. The lowest BCUT2D eigenvalue weighted by molar-refractivity contribution is 0.0954. The average Bonchev–Trinajstić information content (AvgIpc) is 2.74. The van der Waals surface area contributed by atoms with Crippen molar-refractivity contribution in [1.29, 1.82) is 0 Å². The van der Waals surface area contributed by atoms with Gasteiger partial charge in [-0.15, -0.1) is 0 Å². The van der Waals surface area contributed by atoms with Crippen LogP contribution >= 0.6 is 0 Å². The van der Waals surface area contributed by atoms with Crippen molar-refractivity contribution >= 4 is 27.3 Å². The Morgan fingerprint density at radius 2 is 1.80 bits per heavy atom. The Labute approximate surface area is 175 Å². The van der Waals surface area contributed by atoms with Crippen LogP contribution in [0.3, 0.4) is 0 Å². The van der Waals surface area contributed by atoms with Crippen molar-refractivity contribution in [2.75, 3.05) is 4.72 Å². The minimum atomic E-state index is -3.85. The SMILES string of the molecule is C/C(=N/NC(=O)c1cccc(S(=O)(=O)Nc2ccc(C)cc2C)c1)c1ccccn1. The zero-order valence-corrected chi connectivity index (χ0v) is 17.7. The number of hydrogen-bond acceptors (Lipinski definition) is 5. The van der Waals surface area contributed by atoms with Crippen LogP contribution < -0.4 is 10.1 Å². The van der Waals surface area contributed by atoms with Gasteiger partial charge >= 0.3 is 0 Å². The zero-order valence-electron chi connectivity index (χ0n) is 16.9. The fourth-order valence-corrected chi connectivity index (χ4v) is 3.95. The Morgan fingerprint density at radius 1 is 1.00 bits per heavy atom. The molecule has 154 valence electrons. The number of sulfonamides is 1. The number of carbonyl (C=O) groups is 1. The number of nitrogens with zero attached hydrogens (tertiary/aromatic N) is 2. The third kappa shape index (κ3) is 5.09. The Balaban J connectivity index is 1.78. The second-order valence-electron chi connectivity index (χ2n) is 6.80. The summed E-state index contributed by atoms with van der Waals surface area (Å²) in [6.07, 6.45) is 1.63. The molecule has 3 aromatic rings. The number of aryl methyl sites for hydroxylation is 2. The van der Waals surface area contributed by atoms with Gasteiger partial charge in [0.05, 0.1) is 22.0 Å². The van der Waals surface area contributed by atoms with Gasteiger partial charge in [-0.3, -0.25) is 14.5 Å². The van der Waals surface area contributed by atoms with E-state index in [0.29, 0.717) is 17.1 Å². The maximum absolute atomic E-state index is 12.8. The number of anilines is 1. The summed E-state index contributed by atoms with van der Waals surface area (Å²) in [5.41, 5.74) is 6.12. The summed E-state index contributed by atoms with van der Waals surface area (Å²) in [7, 11) is -3.85. The van der Waals surface area contributed by atoms with Crippen molar-refractivity contribution in [3.63, 3.8) is 0 Å². The Morgan fingerprint density at radius 3 is 2.50 bits per heavy atom. The Kier molecular flexibility index (Phi) is 6.27. The van der Waals surface area contributed by atoms with Crippen LogP contribution in [0.1, 0.15) is 34.1 Å². The summed E-state index contributed by atoms with van der Waals surface area (Å²) < 4.78 is 28.1. The van der Waals surface area contributed by atoms with Crippen molar-refractivity contribution in [3.05, 3.63) is 89.2 Å². The molecule has 0 unspecified atom stereocenters. The van der Waals surface area contributed by atoms with Crippen LogP contribution in [0.15, 0.2) is 76.9 Å². The third-order valence-electron chi connectivity index (χ3n) is 4.39. The van der Waals surface area contributed by atoms with Crippen molar-refractivity contribution in [2.45, 2.75) is 25.7 Å². The minimum absolute atomic E-state index is 0.0134. The molecule has 3 rings (SSSR count). The van der Waals surface area contributed by atoms with Gasteiger partial charge in [0, 0.05) is 11.8 Å².